The van der Waals surface area contributed by atoms with Gasteiger partial charge in [0, 0.05) is 43.4 Å². The number of carbonyl (C=O) groups is 1. The van der Waals surface area contributed by atoms with E-state index in [9.17, 15) is 14.9 Å². The quantitative estimate of drug-likeness (QED) is 0.664. The van der Waals surface area contributed by atoms with E-state index in [2.05, 4.69) is 17.1 Å². The van der Waals surface area contributed by atoms with Crippen LogP contribution in [0.1, 0.15) is 18.9 Å². The van der Waals surface area contributed by atoms with Crippen molar-refractivity contribution < 1.29 is 14.5 Å². The molecule has 7 heteroatoms. The highest BCUT2D eigenvalue weighted by Gasteiger charge is 2.19. The molecule has 1 aliphatic heterocycles. The lowest BCUT2D eigenvalue weighted by Crippen LogP contribution is -2.44. The van der Waals surface area contributed by atoms with E-state index in [0.717, 1.165) is 6.54 Å². The standard InChI is InChI=1S/C15H21N3O4/c1-11-9-13(18(20)21)3-4-14(11)16-15(19)5-6-17-7-8-22-10-12(17)2/h3-4,9,12H,5-8,10H2,1-2H3,(H,16,19)/t12-/m0/s1. The molecule has 7 nitrogen and oxygen atoms in total. The van der Waals surface area contributed by atoms with Gasteiger partial charge in [0.25, 0.3) is 5.69 Å². The Morgan fingerprint density at radius 3 is 2.95 bits per heavy atom. The Bertz CT molecular complexity index is 562. The number of benzene rings is 1. The van der Waals surface area contributed by atoms with Gasteiger partial charge in [-0.25, -0.2) is 0 Å². The topological polar surface area (TPSA) is 84.7 Å². The van der Waals surface area contributed by atoms with Gasteiger partial charge in [-0.2, -0.15) is 0 Å². The largest absolute Gasteiger partial charge is 0.379 e. The summed E-state index contributed by atoms with van der Waals surface area (Å²) in [5.74, 6) is -0.0874. The third-order valence-electron chi connectivity index (χ3n) is 3.83. The first-order valence-electron chi connectivity index (χ1n) is 7.34. The van der Waals surface area contributed by atoms with Gasteiger partial charge in [0.2, 0.25) is 5.91 Å². The maximum Gasteiger partial charge on any atom is 0.269 e. The molecule has 1 heterocycles. The molecule has 1 saturated heterocycles. The van der Waals surface area contributed by atoms with Gasteiger partial charge in [0.15, 0.2) is 0 Å². The maximum atomic E-state index is 12.0. The Hall–Kier alpha value is -1.99. The summed E-state index contributed by atoms with van der Waals surface area (Å²) in [6.07, 6.45) is 0.390. The fraction of sp³-hybridized carbons (Fsp3) is 0.533. The highest BCUT2D eigenvalue weighted by Crippen LogP contribution is 2.21. The molecule has 1 amide bonds. The van der Waals surface area contributed by atoms with Crippen LogP contribution >= 0.6 is 0 Å². The molecule has 1 aromatic carbocycles. The van der Waals surface area contributed by atoms with Gasteiger partial charge >= 0.3 is 0 Å². The second kappa shape index (κ2) is 7.33. The summed E-state index contributed by atoms with van der Waals surface area (Å²) in [7, 11) is 0. The van der Waals surface area contributed by atoms with Crippen LogP contribution in [0.2, 0.25) is 0 Å². The molecule has 0 aliphatic carbocycles. The van der Waals surface area contributed by atoms with Gasteiger partial charge in [0.05, 0.1) is 18.1 Å². The molecular formula is C15H21N3O4. The summed E-state index contributed by atoms with van der Waals surface area (Å²) in [6.45, 7) is 6.74. The van der Waals surface area contributed by atoms with E-state index in [1.807, 2.05) is 0 Å². The summed E-state index contributed by atoms with van der Waals surface area (Å²) in [6, 6.07) is 4.75. The van der Waals surface area contributed by atoms with Crippen LogP contribution in [0.5, 0.6) is 0 Å². The fourth-order valence-corrected chi connectivity index (χ4v) is 2.45. The summed E-state index contributed by atoms with van der Waals surface area (Å²) in [5, 5.41) is 13.5. The minimum atomic E-state index is -0.446. The third kappa shape index (κ3) is 4.25. The maximum absolute atomic E-state index is 12.0. The number of anilines is 1. The van der Waals surface area contributed by atoms with Crippen LogP contribution in [0.4, 0.5) is 11.4 Å². The van der Waals surface area contributed by atoms with Crippen LogP contribution in [0.3, 0.4) is 0 Å². The van der Waals surface area contributed by atoms with Gasteiger partial charge in [0.1, 0.15) is 0 Å². The summed E-state index contributed by atoms with van der Waals surface area (Å²) in [5.41, 5.74) is 1.32. The highest BCUT2D eigenvalue weighted by atomic mass is 16.6. The van der Waals surface area contributed by atoms with Gasteiger partial charge in [-0.3, -0.25) is 19.8 Å². The molecule has 0 radical (unpaired) electrons. The van der Waals surface area contributed by atoms with Crippen molar-refractivity contribution in [2.45, 2.75) is 26.3 Å². The van der Waals surface area contributed by atoms with Crippen molar-refractivity contribution in [1.29, 1.82) is 0 Å². The molecule has 0 unspecified atom stereocenters. The monoisotopic (exact) mass is 307 g/mol. The van der Waals surface area contributed by atoms with Crippen LogP contribution < -0.4 is 5.32 Å². The molecule has 1 aliphatic rings. The first-order chi connectivity index (χ1) is 10.5. The van der Waals surface area contributed by atoms with Crippen LogP contribution in [-0.4, -0.2) is 48.1 Å². The second-order valence-electron chi connectivity index (χ2n) is 5.51. The molecule has 120 valence electrons. The summed E-state index contributed by atoms with van der Waals surface area (Å²) >= 11 is 0. The molecule has 0 aromatic heterocycles. The molecular weight excluding hydrogens is 286 g/mol. The number of hydrogen-bond donors (Lipinski definition) is 1. The number of carbonyl (C=O) groups excluding carboxylic acids is 1. The van der Waals surface area contributed by atoms with Crippen LogP contribution in [0, 0.1) is 17.0 Å². The predicted octanol–water partition coefficient (Wildman–Crippen LogP) is 1.95. The molecule has 22 heavy (non-hydrogen) atoms. The third-order valence-corrected chi connectivity index (χ3v) is 3.83. The van der Waals surface area contributed by atoms with Crippen molar-refractivity contribution in [2.75, 3.05) is 31.6 Å². The van der Waals surface area contributed by atoms with Crippen molar-refractivity contribution in [2.24, 2.45) is 0 Å². The number of nitro groups is 1. The lowest BCUT2D eigenvalue weighted by atomic mass is 10.1. The van der Waals surface area contributed by atoms with Gasteiger partial charge in [-0.1, -0.05) is 0 Å². The Morgan fingerprint density at radius 2 is 2.32 bits per heavy atom. The number of morpholine rings is 1. The van der Waals surface area contributed by atoms with E-state index in [4.69, 9.17) is 4.74 Å². The SMILES string of the molecule is Cc1cc([N+](=O)[O-])ccc1NC(=O)CCN1CCOC[C@@H]1C. The molecule has 0 bridgehead atoms. The van der Waals surface area contributed by atoms with Crippen molar-refractivity contribution in [1.82, 2.24) is 4.90 Å². The van der Waals surface area contributed by atoms with E-state index in [1.165, 1.54) is 12.1 Å². The molecule has 0 spiro atoms. The average molecular weight is 307 g/mol. The van der Waals surface area contributed by atoms with E-state index < -0.39 is 4.92 Å². The van der Waals surface area contributed by atoms with Crippen molar-refractivity contribution in [3.8, 4) is 0 Å². The number of amides is 1. The number of hydrogen-bond acceptors (Lipinski definition) is 5. The van der Waals surface area contributed by atoms with Crippen LogP contribution in [0.15, 0.2) is 18.2 Å². The number of aryl methyl sites for hydroxylation is 1. The fourth-order valence-electron chi connectivity index (χ4n) is 2.45. The summed E-state index contributed by atoms with van der Waals surface area (Å²) < 4.78 is 5.36. The first-order valence-corrected chi connectivity index (χ1v) is 7.34. The molecule has 1 fully saturated rings. The Labute approximate surface area is 129 Å². The van der Waals surface area contributed by atoms with Crippen molar-refractivity contribution in [3.63, 3.8) is 0 Å². The zero-order valence-electron chi connectivity index (χ0n) is 12.9. The zero-order valence-corrected chi connectivity index (χ0v) is 12.9. The number of nitro benzene ring substituents is 1. The van der Waals surface area contributed by atoms with Gasteiger partial charge in [-0.15, -0.1) is 0 Å². The molecule has 1 atom stereocenters. The zero-order chi connectivity index (χ0) is 16.1. The molecule has 1 N–H and O–H groups in total. The van der Waals surface area contributed by atoms with E-state index in [-0.39, 0.29) is 11.6 Å². The smallest absolute Gasteiger partial charge is 0.269 e. The number of ether oxygens (including phenoxy) is 1. The summed E-state index contributed by atoms with van der Waals surface area (Å²) in [4.78, 5) is 24.5. The Morgan fingerprint density at radius 1 is 1.55 bits per heavy atom. The van der Waals surface area contributed by atoms with E-state index in [0.29, 0.717) is 43.5 Å². The van der Waals surface area contributed by atoms with E-state index >= 15 is 0 Å². The lowest BCUT2D eigenvalue weighted by molar-refractivity contribution is -0.384. The lowest BCUT2D eigenvalue weighted by Gasteiger charge is -2.32. The normalized spacial score (nSPS) is 18.9. The van der Waals surface area contributed by atoms with Crippen LogP contribution in [-0.2, 0) is 9.53 Å². The molecule has 0 saturated carbocycles. The first kappa shape index (κ1) is 16.4. The average Bonchev–Trinajstić information content (AvgIpc) is 2.48. The van der Waals surface area contributed by atoms with E-state index in [1.54, 1.807) is 13.0 Å². The number of non-ortho nitro benzene ring substituents is 1. The van der Waals surface area contributed by atoms with Crippen LogP contribution in [0.25, 0.3) is 0 Å². The minimum Gasteiger partial charge on any atom is -0.379 e. The number of nitrogens with one attached hydrogen (secondary N) is 1. The molecule has 1 aromatic rings. The number of nitrogens with zero attached hydrogens (tertiary/aromatic N) is 2. The van der Waals surface area contributed by atoms with Crippen molar-refractivity contribution in [3.05, 3.63) is 33.9 Å². The Balaban J connectivity index is 1.88. The Kier molecular flexibility index (Phi) is 5.46. The van der Waals surface area contributed by atoms with Crippen molar-refractivity contribution >= 4 is 17.3 Å². The second-order valence-corrected chi connectivity index (χ2v) is 5.51. The number of rotatable bonds is 5. The predicted molar refractivity (Wildman–Crippen MR) is 82.9 cm³/mol. The van der Waals surface area contributed by atoms with Gasteiger partial charge in [-0.05, 0) is 25.5 Å². The van der Waals surface area contributed by atoms with Gasteiger partial charge < -0.3 is 10.1 Å². The highest BCUT2D eigenvalue weighted by molar-refractivity contribution is 5.91. The minimum absolute atomic E-state index is 0.0256. The molecule has 2 rings (SSSR count).